The molecule has 0 bridgehead atoms. The maximum Gasteiger partial charge on any atom is 0.194 e. The zero-order valence-corrected chi connectivity index (χ0v) is 16.9. The van der Waals surface area contributed by atoms with Gasteiger partial charge < -0.3 is 15.0 Å². The van der Waals surface area contributed by atoms with Crippen LogP contribution >= 0.6 is 0 Å². The van der Waals surface area contributed by atoms with Crippen molar-refractivity contribution in [2.24, 2.45) is 10.9 Å². The minimum Gasteiger partial charge on any atom is -0.367 e. The Morgan fingerprint density at radius 2 is 2.14 bits per heavy atom. The standard InChI is InChI=1S/C21H30FN5O/c1-4-23-21(24-12-16(2)13-27-11-5-10-25-27)26-14-17(3)28-20(15-26)18-6-8-19(22)9-7-18/h5-11,16-17,20H,4,12-15H2,1-3H3,(H,23,24). The number of rotatable bonds is 6. The molecular formula is C21H30FN5O. The Morgan fingerprint density at radius 1 is 1.36 bits per heavy atom. The molecule has 0 spiro atoms. The van der Waals surface area contributed by atoms with Crippen molar-refractivity contribution in [2.45, 2.75) is 39.5 Å². The van der Waals surface area contributed by atoms with E-state index in [0.717, 1.165) is 37.7 Å². The SMILES string of the molecule is CCNC(=NCC(C)Cn1cccn1)N1CC(C)OC(c2ccc(F)cc2)C1. The Hall–Kier alpha value is -2.41. The average Bonchev–Trinajstić information content (AvgIpc) is 3.18. The van der Waals surface area contributed by atoms with E-state index in [0.29, 0.717) is 12.5 Å². The number of nitrogens with zero attached hydrogens (tertiary/aromatic N) is 4. The Morgan fingerprint density at radius 3 is 2.82 bits per heavy atom. The van der Waals surface area contributed by atoms with Gasteiger partial charge in [-0.15, -0.1) is 0 Å². The summed E-state index contributed by atoms with van der Waals surface area (Å²) in [7, 11) is 0. The first-order valence-corrected chi connectivity index (χ1v) is 9.96. The molecule has 3 rings (SSSR count). The van der Waals surface area contributed by atoms with Crippen LogP contribution in [0.15, 0.2) is 47.7 Å². The minimum absolute atomic E-state index is 0.0640. The molecule has 1 aliphatic rings. The fourth-order valence-electron chi connectivity index (χ4n) is 3.44. The van der Waals surface area contributed by atoms with Crippen LogP contribution in [0.5, 0.6) is 0 Å². The summed E-state index contributed by atoms with van der Waals surface area (Å²) in [5.41, 5.74) is 0.987. The Balaban J connectivity index is 1.67. The Bertz CT molecular complexity index is 747. The Kier molecular flexibility index (Phi) is 7.03. The first kappa shape index (κ1) is 20.3. The van der Waals surface area contributed by atoms with E-state index < -0.39 is 0 Å². The smallest absolute Gasteiger partial charge is 0.194 e. The van der Waals surface area contributed by atoms with Crippen molar-refractivity contribution < 1.29 is 9.13 Å². The molecule has 6 nitrogen and oxygen atoms in total. The third kappa shape index (κ3) is 5.55. The van der Waals surface area contributed by atoms with Gasteiger partial charge >= 0.3 is 0 Å². The van der Waals surface area contributed by atoms with E-state index in [-0.39, 0.29) is 18.0 Å². The first-order chi connectivity index (χ1) is 13.5. The van der Waals surface area contributed by atoms with Crippen LogP contribution in [0.2, 0.25) is 0 Å². The minimum atomic E-state index is -0.231. The quantitative estimate of drug-likeness (QED) is 0.611. The van der Waals surface area contributed by atoms with Gasteiger partial charge in [-0.1, -0.05) is 19.1 Å². The van der Waals surface area contributed by atoms with Crippen molar-refractivity contribution >= 4 is 5.96 Å². The lowest BCUT2D eigenvalue weighted by atomic mass is 10.1. The van der Waals surface area contributed by atoms with Crippen molar-refractivity contribution in [1.82, 2.24) is 20.0 Å². The lowest BCUT2D eigenvalue weighted by molar-refractivity contribution is -0.0605. The molecule has 1 aromatic heterocycles. The zero-order chi connectivity index (χ0) is 19.9. The number of hydrogen-bond donors (Lipinski definition) is 1. The van der Waals surface area contributed by atoms with Crippen LogP contribution < -0.4 is 5.32 Å². The molecule has 152 valence electrons. The molecule has 0 aliphatic carbocycles. The summed E-state index contributed by atoms with van der Waals surface area (Å²) in [5.74, 6) is 1.04. The number of aromatic nitrogens is 2. The van der Waals surface area contributed by atoms with E-state index in [1.165, 1.54) is 12.1 Å². The van der Waals surface area contributed by atoms with Crippen LogP contribution in [-0.2, 0) is 11.3 Å². The van der Waals surface area contributed by atoms with Crippen molar-refractivity contribution in [2.75, 3.05) is 26.2 Å². The maximum absolute atomic E-state index is 13.3. The molecule has 7 heteroatoms. The molecule has 0 saturated carbocycles. The molecule has 1 fully saturated rings. The highest BCUT2D eigenvalue weighted by atomic mass is 19.1. The monoisotopic (exact) mass is 387 g/mol. The lowest BCUT2D eigenvalue weighted by Gasteiger charge is -2.39. The molecule has 0 amide bonds. The van der Waals surface area contributed by atoms with Gasteiger partial charge in [0.05, 0.1) is 12.6 Å². The molecule has 1 aromatic carbocycles. The van der Waals surface area contributed by atoms with Crippen LogP contribution in [0.1, 0.15) is 32.4 Å². The molecule has 3 atom stereocenters. The largest absolute Gasteiger partial charge is 0.367 e. The number of aliphatic imine (C=N–C) groups is 1. The summed E-state index contributed by atoms with van der Waals surface area (Å²) < 4.78 is 21.3. The van der Waals surface area contributed by atoms with Crippen molar-refractivity contribution in [3.05, 3.63) is 54.1 Å². The van der Waals surface area contributed by atoms with Gasteiger partial charge in [-0.25, -0.2) is 4.39 Å². The molecule has 0 radical (unpaired) electrons. The van der Waals surface area contributed by atoms with Gasteiger partial charge in [0.1, 0.15) is 11.9 Å². The van der Waals surface area contributed by atoms with Crippen LogP contribution in [0.25, 0.3) is 0 Å². The van der Waals surface area contributed by atoms with Crippen LogP contribution in [0.3, 0.4) is 0 Å². The number of morpholine rings is 1. The van der Waals surface area contributed by atoms with Crippen LogP contribution in [0.4, 0.5) is 4.39 Å². The van der Waals surface area contributed by atoms with E-state index in [1.807, 2.05) is 16.9 Å². The molecule has 2 heterocycles. The fraction of sp³-hybridized carbons (Fsp3) is 0.524. The van der Waals surface area contributed by atoms with Gasteiger partial charge in [0.2, 0.25) is 0 Å². The van der Waals surface area contributed by atoms with Gasteiger partial charge in [-0.05, 0) is 43.5 Å². The van der Waals surface area contributed by atoms with E-state index in [2.05, 4.69) is 36.1 Å². The average molecular weight is 388 g/mol. The zero-order valence-electron chi connectivity index (χ0n) is 16.9. The van der Waals surface area contributed by atoms with Crippen molar-refractivity contribution in [1.29, 1.82) is 0 Å². The molecule has 2 aromatic rings. The van der Waals surface area contributed by atoms with Gasteiger partial charge in [0.25, 0.3) is 0 Å². The predicted octanol–water partition coefficient (Wildman–Crippen LogP) is 3.09. The third-order valence-electron chi connectivity index (χ3n) is 4.75. The number of halogens is 1. The highest BCUT2D eigenvalue weighted by molar-refractivity contribution is 5.80. The number of guanidine groups is 1. The van der Waals surface area contributed by atoms with E-state index in [4.69, 9.17) is 9.73 Å². The molecule has 1 aliphatic heterocycles. The van der Waals surface area contributed by atoms with Gasteiger partial charge in [0, 0.05) is 38.6 Å². The van der Waals surface area contributed by atoms with E-state index in [1.54, 1.807) is 18.3 Å². The second-order valence-corrected chi connectivity index (χ2v) is 7.42. The fourth-order valence-corrected chi connectivity index (χ4v) is 3.44. The summed E-state index contributed by atoms with van der Waals surface area (Å²) in [5, 5.41) is 7.67. The number of ether oxygens (including phenoxy) is 1. The normalized spacial score (nSPS) is 21.6. The summed E-state index contributed by atoms with van der Waals surface area (Å²) in [6, 6.07) is 8.50. The molecule has 3 unspecified atom stereocenters. The maximum atomic E-state index is 13.3. The highest BCUT2D eigenvalue weighted by Gasteiger charge is 2.28. The topological polar surface area (TPSA) is 54.7 Å². The van der Waals surface area contributed by atoms with Crippen LogP contribution in [-0.4, -0.2) is 52.9 Å². The summed E-state index contributed by atoms with van der Waals surface area (Å²) >= 11 is 0. The van der Waals surface area contributed by atoms with Crippen LogP contribution in [0, 0.1) is 11.7 Å². The summed E-state index contributed by atoms with van der Waals surface area (Å²) in [6.07, 6.45) is 3.73. The number of benzene rings is 1. The molecular weight excluding hydrogens is 357 g/mol. The summed E-state index contributed by atoms with van der Waals surface area (Å²) in [6.45, 7) is 10.1. The van der Waals surface area contributed by atoms with Gasteiger partial charge in [-0.3, -0.25) is 9.67 Å². The van der Waals surface area contributed by atoms with E-state index >= 15 is 0 Å². The van der Waals surface area contributed by atoms with Crippen molar-refractivity contribution in [3.63, 3.8) is 0 Å². The highest BCUT2D eigenvalue weighted by Crippen LogP contribution is 2.25. The second kappa shape index (κ2) is 9.68. The Labute approximate surface area is 166 Å². The summed E-state index contributed by atoms with van der Waals surface area (Å²) in [4.78, 5) is 7.11. The lowest BCUT2D eigenvalue weighted by Crippen LogP contribution is -2.50. The predicted molar refractivity (Wildman–Crippen MR) is 109 cm³/mol. The van der Waals surface area contributed by atoms with Gasteiger partial charge in [0.15, 0.2) is 5.96 Å². The molecule has 1 saturated heterocycles. The second-order valence-electron chi connectivity index (χ2n) is 7.42. The number of nitrogens with one attached hydrogen (secondary N) is 1. The van der Waals surface area contributed by atoms with E-state index in [9.17, 15) is 4.39 Å². The van der Waals surface area contributed by atoms with Crippen molar-refractivity contribution in [3.8, 4) is 0 Å². The number of hydrogen-bond acceptors (Lipinski definition) is 3. The third-order valence-corrected chi connectivity index (χ3v) is 4.75. The molecule has 1 N–H and O–H groups in total. The first-order valence-electron chi connectivity index (χ1n) is 9.96. The van der Waals surface area contributed by atoms with Gasteiger partial charge in [-0.2, -0.15) is 5.10 Å². The molecule has 28 heavy (non-hydrogen) atoms.